The maximum absolute atomic E-state index is 11.6. The van der Waals surface area contributed by atoms with Crippen LogP contribution in [-0.4, -0.2) is 9.78 Å². The predicted octanol–water partition coefficient (Wildman–Crippen LogP) is 1.39. The van der Waals surface area contributed by atoms with Gasteiger partial charge in [-0.15, -0.1) is 0 Å². The highest BCUT2D eigenvalue weighted by molar-refractivity contribution is 5.39. The fourth-order valence-electron chi connectivity index (χ4n) is 1.43. The molecule has 0 aliphatic carbocycles. The van der Waals surface area contributed by atoms with Gasteiger partial charge in [-0.25, -0.2) is 4.68 Å². The van der Waals surface area contributed by atoms with Gasteiger partial charge in [-0.2, -0.15) is 5.10 Å². The molecule has 1 aromatic carbocycles. The smallest absolute Gasteiger partial charge is 0.289 e. The van der Waals surface area contributed by atoms with E-state index in [1.54, 1.807) is 19.3 Å². The molecular weight excluding hydrogens is 202 g/mol. The lowest BCUT2D eigenvalue weighted by Gasteiger charge is -2.06. The van der Waals surface area contributed by atoms with Gasteiger partial charge in [0.05, 0.1) is 0 Å². The lowest BCUT2D eigenvalue weighted by Crippen LogP contribution is -2.22. The summed E-state index contributed by atoms with van der Waals surface area (Å²) in [6, 6.07) is 11.6. The first-order valence-corrected chi connectivity index (χ1v) is 5.07. The fraction of sp³-hybridized carbons (Fsp3) is 0.167. The standard InChI is InChI=1S/C12H13N3O/c1-15-12(16)11(7-8-14-15)13-9-10-5-3-2-4-6-10/h2-8,13H,9H2,1H3. The summed E-state index contributed by atoms with van der Waals surface area (Å²) in [5.74, 6) is 0. The third kappa shape index (κ3) is 2.28. The third-order valence-corrected chi connectivity index (χ3v) is 2.33. The predicted molar refractivity (Wildman–Crippen MR) is 63.2 cm³/mol. The molecule has 1 heterocycles. The highest BCUT2D eigenvalue weighted by Gasteiger charge is 2.00. The van der Waals surface area contributed by atoms with Gasteiger partial charge >= 0.3 is 0 Å². The van der Waals surface area contributed by atoms with Crippen LogP contribution in [-0.2, 0) is 13.6 Å². The van der Waals surface area contributed by atoms with Crippen molar-refractivity contribution in [2.75, 3.05) is 5.32 Å². The second-order valence-electron chi connectivity index (χ2n) is 3.51. The van der Waals surface area contributed by atoms with Crippen LogP contribution in [0.25, 0.3) is 0 Å². The van der Waals surface area contributed by atoms with Crippen LogP contribution in [0.15, 0.2) is 47.4 Å². The van der Waals surface area contributed by atoms with Crippen LogP contribution in [0.4, 0.5) is 5.69 Å². The number of benzene rings is 1. The average molecular weight is 215 g/mol. The zero-order valence-corrected chi connectivity index (χ0v) is 9.05. The lowest BCUT2D eigenvalue weighted by atomic mass is 10.2. The van der Waals surface area contributed by atoms with Gasteiger partial charge < -0.3 is 5.32 Å². The lowest BCUT2D eigenvalue weighted by molar-refractivity contribution is 0.708. The molecule has 2 rings (SSSR count). The van der Waals surface area contributed by atoms with Crippen molar-refractivity contribution in [2.24, 2.45) is 7.05 Å². The Kier molecular flexibility index (Phi) is 3.00. The normalized spacial score (nSPS) is 10.1. The fourth-order valence-corrected chi connectivity index (χ4v) is 1.43. The minimum atomic E-state index is -0.113. The molecule has 0 fully saturated rings. The molecule has 0 spiro atoms. The summed E-state index contributed by atoms with van der Waals surface area (Å²) in [5, 5.41) is 6.96. The van der Waals surface area contributed by atoms with Crippen molar-refractivity contribution in [3.05, 3.63) is 58.5 Å². The summed E-state index contributed by atoms with van der Waals surface area (Å²) in [6.07, 6.45) is 1.61. The quantitative estimate of drug-likeness (QED) is 0.841. The molecule has 82 valence electrons. The van der Waals surface area contributed by atoms with Crippen LogP contribution in [0.5, 0.6) is 0 Å². The molecule has 4 heteroatoms. The molecule has 1 aromatic heterocycles. The molecule has 0 saturated carbocycles. The molecular formula is C12H13N3O. The summed E-state index contributed by atoms with van der Waals surface area (Å²) < 4.78 is 1.31. The molecule has 0 aliphatic heterocycles. The van der Waals surface area contributed by atoms with Gasteiger partial charge in [0.25, 0.3) is 5.56 Å². The van der Waals surface area contributed by atoms with E-state index in [0.29, 0.717) is 12.2 Å². The minimum absolute atomic E-state index is 0.113. The number of anilines is 1. The largest absolute Gasteiger partial charge is 0.376 e. The summed E-state index contributed by atoms with van der Waals surface area (Å²) in [6.45, 7) is 0.639. The van der Waals surface area contributed by atoms with Crippen molar-refractivity contribution in [3.8, 4) is 0 Å². The number of aryl methyl sites for hydroxylation is 1. The molecule has 1 N–H and O–H groups in total. The number of aromatic nitrogens is 2. The Morgan fingerprint density at radius 2 is 2.00 bits per heavy atom. The summed E-state index contributed by atoms with van der Waals surface area (Å²) in [5.41, 5.74) is 1.60. The minimum Gasteiger partial charge on any atom is -0.376 e. The van der Waals surface area contributed by atoms with E-state index in [9.17, 15) is 4.79 Å². The SMILES string of the molecule is Cn1nccc(NCc2ccccc2)c1=O. The van der Waals surface area contributed by atoms with Crippen LogP contribution >= 0.6 is 0 Å². The molecule has 4 nitrogen and oxygen atoms in total. The topological polar surface area (TPSA) is 46.9 Å². The summed E-state index contributed by atoms with van der Waals surface area (Å²) in [7, 11) is 1.63. The van der Waals surface area contributed by atoms with Crippen molar-refractivity contribution < 1.29 is 0 Å². The number of nitrogens with one attached hydrogen (secondary N) is 1. The van der Waals surface area contributed by atoms with Gasteiger partial charge in [0.2, 0.25) is 0 Å². The second kappa shape index (κ2) is 4.61. The first kappa shape index (κ1) is 10.4. The van der Waals surface area contributed by atoms with Gasteiger partial charge in [0, 0.05) is 19.8 Å². The Morgan fingerprint density at radius 1 is 1.25 bits per heavy atom. The molecule has 0 unspecified atom stereocenters. The molecule has 16 heavy (non-hydrogen) atoms. The van der Waals surface area contributed by atoms with Gasteiger partial charge in [-0.1, -0.05) is 30.3 Å². The van der Waals surface area contributed by atoms with Crippen molar-refractivity contribution in [1.29, 1.82) is 0 Å². The van der Waals surface area contributed by atoms with Crippen LogP contribution < -0.4 is 10.9 Å². The van der Waals surface area contributed by atoms with Crippen LogP contribution in [0.2, 0.25) is 0 Å². The Bertz CT molecular complexity index is 519. The van der Waals surface area contributed by atoms with Gasteiger partial charge in [0.1, 0.15) is 5.69 Å². The van der Waals surface area contributed by atoms with Crippen molar-refractivity contribution in [3.63, 3.8) is 0 Å². The van der Waals surface area contributed by atoms with E-state index in [2.05, 4.69) is 10.4 Å². The molecule has 0 aliphatic rings. The molecule has 2 aromatic rings. The van der Waals surface area contributed by atoms with Crippen molar-refractivity contribution >= 4 is 5.69 Å². The highest BCUT2D eigenvalue weighted by Crippen LogP contribution is 2.02. The Labute approximate surface area is 93.5 Å². The van der Waals surface area contributed by atoms with E-state index in [4.69, 9.17) is 0 Å². The first-order valence-electron chi connectivity index (χ1n) is 5.07. The summed E-state index contributed by atoms with van der Waals surface area (Å²) >= 11 is 0. The average Bonchev–Trinajstić information content (AvgIpc) is 2.32. The maximum atomic E-state index is 11.6. The maximum Gasteiger partial charge on any atom is 0.289 e. The highest BCUT2D eigenvalue weighted by atomic mass is 16.1. The molecule has 0 radical (unpaired) electrons. The van der Waals surface area contributed by atoms with E-state index >= 15 is 0 Å². The van der Waals surface area contributed by atoms with E-state index < -0.39 is 0 Å². The third-order valence-electron chi connectivity index (χ3n) is 2.33. The van der Waals surface area contributed by atoms with Crippen molar-refractivity contribution in [1.82, 2.24) is 9.78 Å². The van der Waals surface area contributed by atoms with Crippen LogP contribution in [0.1, 0.15) is 5.56 Å². The van der Waals surface area contributed by atoms with E-state index in [1.807, 2.05) is 30.3 Å². The van der Waals surface area contributed by atoms with Gasteiger partial charge in [-0.3, -0.25) is 4.79 Å². The number of hydrogen-bond donors (Lipinski definition) is 1. The van der Waals surface area contributed by atoms with Gasteiger partial charge in [-0.05, 0) is 11.6 Å². The van der Waals surface area contributed by atoms with Crippen LogP contribution in [0, 0.1) is 0 Å². The molecule has 0 bridgehead atoms. The van der Waals surface area contributed by atoms with Gasteiger partial charge in [0.15, 0.2) is 0 Å². The summed E-state index contributed by atoms with van der Waals surface area (Å²) in [4.78, 5) is 11.6. The zero-order valence-electron chi connectivity index (χ0n) is 9.05. The van der Waals surface area contributed by atoms with E-state index in [0.717, 1.165) is 5.56 Å². The van der Waals surface area contributed by atoms with Crippen LogP contribution in [0.3, 0.4) is 0 Å². The first-order chi connectivity index (χ1) is 7.77. The molecule has 0 atom stereocenters. The number of nitrogens with zero attached hydrogens (tertiary/aromatic N) is 2. The zero-order chi connectivity index (χ0) is 11.4. The number of hydrogen-bond acceptors (Lipinski definition) is 3. The number of rotatable bonds is 3. The van der Waals surface area contributed by atoms with E-state index in [1.165, 1.54) is 4.68 Å². The monoisotopic (exact) mass is 215 g/mol. The van der Waals surface area contributed by atoms with Crippen molar-refractivity contribution in [2.45, 2.75) is 6.54 Å². The molecule has 0 amide bonds. The Balaban J connectivity index is 2.11. The second-order valence-corrected chi connectivity index (χ2v) is 3.51. The Morgan fingerprint density at radius 3 is 2.75 bits per heavy atom. The Hall–Kier alpha value is -2.10. The molecule has 0 saturated heterocycles. The van der Waals surface area contributed by atoms with E-state index in [-0.39, 0.29) is 5.56 Å².